The average molecular weight is 370 g/mol. The maximum absolute atomic E-state index is 12.9. The van der Waals surface area contributed by atoms with Crippen molar-refractivity contribution in [2.24, 2.45) is 0 Å². The van der Waals surface area contributed by atoms with E-state index >= 15 is 0 Å². The summed E-state index contributed by atoms with van der Waals surface area (Å²) in [5.41, 5.74) is 2.15. The molecule has 0 bridgehead atoms. The van der Waals surface area contributed by atoms with Crippen LogP contribution in [0.2, 0.25) is 0 Å². The van der Waals surface area contributed by atoms with E-state index in [4.69, 9.17) is 18.6 Å². The van der Waals surface area contributed by atoms with Gasteiger partial charge in [-0.3, -0.25) is 4.79 Å². The second-order valence-corrected chi connectivity index (χ2v) is 6.50. The number of aromatic nitrogens is 1. The van der Waals surface area contributed by atoms with Crippen LogP contribution in [0.5, 0.6) is 17.2 Å². The molecule has 0 aliphatic heterocycles. The molecule has 1 atom stereocenters. The highest BCUT2D eigenvalue weighted by Gasteiger charge is 2.26. The van der Waals surface area contributed by atoms with Crippen molar-refractivity contribution in [3.63, 3.8) is 0 Å². The Balaban J connectivity index is 1.69. The fourth-order valence-corrected chi connectivity index (χ4v) is 3.73. The van der Waals surface area contributed by atoms with Crippen molar-refractivity contribution in [2.45, 2.75) is 25.3 Å². The first kappa shape index (κ1) is 17.3. The molecule has 2 heterocycles. The SMILES string of the molecule is COc1cc(OC)c2cc(C(=O)NC3CCCc4occc43)[nH]c2c1OC. The summed E-state index contributed by atoms with van der Waals surface area (Å²) in [5, 5.41) is 3.86. The second kappa shape index (κ2) is 6.90. The van der Waals surface area contributed by atoms with Gasteiger partial charge < -0.3 is 28.9 Å². The highest BCUT2D eigenvalue weighted by atomic mass is 16.5. The van der Waals surface area contributed by atoms with Gasteiger partial charge in [0.05, 0.1) is 39.2 Å². The van der Waals surface area contributed by atoms with Crippen LogP contribution in [0.3, 0.4) is 0 Å². The van der Waals surface area contributed by atoms with Crippen molar-refractivity contribution in [3.05, 3.63) is 41.5 Å². The third kappa shape index (κ3) is 2.89. The number of nitrogens with one attached hydrogen (secondary N) is 2. The van der Waals surface area contributed by atoms with Crippen molar-refractivity contribution in [3.8, 4) is 17.2 Å². The zero-order valence-corrected chi connectivity index (χ0v) is 15.5. The molecule has 2 aromatic heterocycles. The van der Waals surface area contributed by atoms with E-state index in [9.17, 15) is 4.79 Å². The zero-order valence-electron chi connectivity index (χ0n) is 15.5. The number of fused-ring (bicyclic) bond motifs is 2. The Kier molecular flexibility index (Phi) is 4.43. The number of furan rings is 1. The van der Waals surface area contributed by atoms with Gasteiger partial charge in [-0.25, -0.2) is 0 Å². The van der Waals surface area contributed by atoms with Crippen LogP contribution in [0.25, 0.3) is 10.9 Å². The van der Waals surface area contributed by atoms with E-state index in [0.717, 1.165) is 36.0 Å². The number of carbonyl (C=O) groups excluding carboxylic acids is 1. The lowest BCUT2D eigenvalue weighted by Gasteiger charge is -2.22. The minimum atomic E-state index is -0.187. The van der Waals surface area contributed by atoms with E-state index in [1.54, 1.807) is 39.7 Å². The third-order valence-corrected chi connectivity index (χ3v) is 5.04. The average Bonchev–Trinajstić information content (AvgIpc) is 3.34. The fourth-order valence-electron chi connectivity index (χ4n) is 3.73. The van der Waals surface area contributed by atoms with Crippen LogP contribution in [0.15, 0.2) is 28.9 Å². The van der Waals surface area contributed by atoms with E-state index < -0.39 is 0 Å². The second-order valence-electron chi connectivity index (χ2n) is 6.50. The lowest BCUT2D eigenvalue weighted by Crippen LogP contribution is -2.30. The van der Waals surface area contributed by atoms with Crippen LogP contribution in [0.4, 0.5) is 0 Å². The quantitative estimate of drug-likeness (QED) is 0.717. The number of aryl methyl sites for hydroxylation is 1. The van der Waals surface area contributed by atoms with Crippen LogP contribution >= 0.6 is 0 Å². The van der Waals surface area contributed by atoms with Crippen molar-refractivity contribution in [1.82, 2.24) is 10.3 Å². The maximum atomic E-state index is 12.9. The van der Waals surface area contributed by atoms with Gasteiger partial charge in [0, 0.05) is 23.4 Å². The summed E-state index contributed by atoms with van der Waals surface area (Å²) in [6.07, 6.45) is 4.46. The van der Waals surface area contributed by atoms with Crippen LogP contribution in [-0.4, -0.2) is 32.2 Å². The van der Waals surface area contributed by atoms with Gasteiger partial charge in [-0.2, -0.15) is 0 Å². The molecule has 0 radical (unpaired) electrons. The van der Waals surface area contributed by atoms with E-state index in [-0.39, 0.29) is 11.9 Å². The summed E-state index contributed by atoms with van der Waals surface area (Å²) in [6, 6.07) is 5.39. The van der Waals surface area contributed by atoms with E-state index in [2.05, 4.69) is 10.3 Å². The molecule has 0 saturated heterocycles. The summed E-state index contributed by atoms with van der Waals surface area (Å²) < 4.78 is 21.8. The topological polar surface area (TPSA) is 85.7 Å². The Bertz CT molecular complexity index is 988. The third-order valence-electron chi connectivity index (χ3n) is 5.04. The Morgan fingerprint density at radius 1 is 1.19 bits per heavy atom. The molecular weight excluding hydrogens is 348 g/mol. The maximum Gasteiger partial charge on any atom is 0.268 e. The molecule has 1 aliphatic rings. The van der Waals surface area contributed by atoms with Crippen molar-refractivity contribution in [1.29, 1.82) is 0 Å². The van der Waals surface area contributed by atoms with Crippen molar-refractivity contribution >= 4 is 16.8 Å². The molecule has 142 valence electrons. The van der Waals surface area contributed by atoms with Crippen LogP contribution in [0.1, 0.15) is 40.7 Å². The molecular formula is C20H22N2O5. The van der Waals surface area contributed by atoms with E-state index in [1.807, 2.05) is 6.07 Å². The summed E-state index contributed by atoms with van der Waals surface area (Å²) in [7, 11) is 4.70. The number of rotatable bonds is 5. The highest BCUT2D eigenvalue weighted by molar-refractivity contribution is 6.02. The highest BCUT2D eigenvalue weighted by Crippen LogP contribution is 2.41. The van der Waals surface area contributed by atoms with Crippen LogP contribution in [-0.2, 0) is 6.42 Å². The Morgan fingerprint density at radius 2 is 2.00 bits per heavy atom. The van der Waals surface area contributed by atoms with Gasteiger partial charge in [0.25, 0.3) is 5.91 Å². The molecule has 0 fully saturated rings. The lowest BCUT2D eigenvalue weighted by molar-refractivity contribution is 0.0928. The number of benzene rings is 1. The minimum Gasteiger partial charge on any atom is -0.496 e. The van der Waals surface area contributed by atoms with Gasteiger partial charge in [-0.1, -0.05) is 0 Å². The number of amides is 1. The molecule has 1 unspecified atom stereocenters. The smallest absolute Gasteiger partial charge is 0.268 e. The van der Waals surface area contributed by atoms with Crippen molar-refractivity contribution in [2.75, 3.05) is 21.3 Å². The van der Waals surface area contributed by atoms with Gasteiger partial charge >= 0.3 is 0 Å². The zero-order chi connectivity index (χ0) is 19.0. The van der Waals surface area contributed by atoms with Gasteiger partial charge in [0.2, 0.25) is 0 Å². The van der Waals surface area contributed by atoms with E-state index in [0.29, 0.717) is 28.5 Å². The number of carbonyl (C=O) groups is 1. The number of hydrogen-bond acceptors (Lipinski definition) is 5. The van der Waals surface area contributed by atoms with Gasteiger partial charge in [0.1, 0.15) is 17.2 Å². The number of aromatic amines is 1. The summed E-state index contributed by atoms with van der Waals surface area (Å²) in [5.74, 6) is 2.44. The number of methoxy groups -OCH3 is 3. The Morgan fingerprint density at radius 3 is 2.74 bits per heavy atom. The molecule has 0 spiro atoms. The fraction of sp³-hybridized carbons (Fsp3) is 0.350. The molecule has 7 nitrogen and oxygen atoms in total. The van der Waals surface area contributed by atoms with Crippen LogP contribution in [0, 0.1) is 0 Å². The van der Waals surface area contributed by atoms with E-state index in [1.165, 1.54) is 0 Å². The van der Waals surface area contributed by atoms with Crippen molar-refractivity contribution < 1.29 is 23.4 Å². The number of hydrogen-bond donors (Lipinski definition) is 2. The molecule has 1 amide bonds. The Labute approximate surface area is 156 Å². The summed E-state index contributed by atoms with van der Waals surface area (Å²) >= 11 is 0. The van der Waals surface area contributed by atoms with Gasteiger partial charge in [-0.05, 0) is 25.0 Å². The molecule has 3 aromatic rings. The van der Waals surface area contributed by atoms with Gasteiger partial charge in [-0.15, -0.1) is 0 Å². The summed E-state index contributed by atoms with van der Waals surface area (Å²) in [4.78, 5) is 16.0. The number of H-pyrrole nitrogens is 1. The molecule has 7 heteroatoms. The normalized spacial score (nSPS) is 16.0. The predicted molar refractivity (Wildman–Crippen MR) is 99.8 cm³/mol. The first-order valence-corrected chi connectivity index (χ1v) is 8.85. The first-order valence-electron chi connectivity index (χ1n) is 8.85. The molecule has 1 aliphatic carbocycles. The minimum absolute atomic E-state index is 0.0512. The standard InChI is InChI=1S/C20H22N2O5/c1-24-16-10-17(25-2)19(26-3)18-12(16)9-14(21-18)20(23)22-13-5-4-6-15-11(13)7-8-27-15/h7-10,13,21H,4-6H2,1-3H3,(H,22,23). The molecule has 4 rings (SSSR count). The first-order chi connectivity index (χ1) is 13.2. The predicted octanol–water partition coefficient (Wildman–Crippen LogP) is 3.59. The summed E-state index contributed by atoms with van der Waals surface area (Å²) in [6.45, 7) is 0. The largest absolute Gasteiger partial charge is 0.496 e. The van der Waals surface area contributed by atoms with Gasteiger partial charge in [0.15, 0.2) is 11.5 Å². The molecule has 27 heavy (non-hydrogen) atoms. The number of ether oxygens (including phenoxy) is 3. The lowest BCUT2D eigenvalue weighted by atomic mass is 9.93. The van der Waals surface area contributed by atoms with Crippen LogP contribution < -0.4 is 19.5 Å². The molecule has 1 aromatic carbocycles. The monoisotopic (exact) mass is 370 g/mol. The molecule has 0 saturated carbocycles. The Hall–Kier alpha value is -3.09. The molecule has 2 N–H and O–H groups in total.